The number of rotatable bonds is 4. The number of hydrogen-bond acceptors (Lipinski definition) is 3. The second-order valence-corrected chi connectivity index (χ2v) is 3.99. The first-order chi connectivity index (χ1) is 8.74. The Morgan fingerprint density at radius 1 is 1.42 bits per heavy atom. The first kappa shape index (κ1) is 15.2. The van der Waals surface area contributed by atoms with Gasteiger partial charge in [-0.1, -0.05) is 6.07 Å². The first-order valence-electron chi connectivity index (χ1n) is 5.47. The van der Waals surface area contributed by atoms with Crippen molar-refractivity contribution in [1.82, 2.24) is 9.88 Å². The van der Waals surface area contributed by atoms with Crippen LogP contribution in [0.1, 0.15) is 11.3 Å². The monoisotopic (exact) mass is 277 g/mol. The Bertz CT molecular complexity index is 523. The zero-order valence-corrected chi connectivity index (χ0v) is 10.3. The summed E-state index contributed by atoms with van der Waals surface area (Å²) in [5, 5.41) is 1.71. The molecule has 3 N–H and O–H groups in total. The summed E-state index contributed by atoms with van der Waals surface area (Å²) in [4.78, 5) is 23.2. The van der Waals surface area contributed by atoms with Gasteiger partial charge >= 0.3 is 6.18 Å². The number of aryl methyl sites for hydroxylation is 1. The van der Waals surface area contributed by atoms with Crippen molar-refractivity contribution in [3.8, 4) is 0 Å². The standard InChI is InChI=1S/C11H14F3N3O2/c1-7-2-3-8(4-15)10(19)17(7)5-9(18)16-6-11(12,13)14/h2-3H,4-6,15H2,1H3,(H,16,18). The summed E-state index contributed by atoms with van der Waals surface area (Å²) in [6.45, 7) is -0.299. The molecule has 5 nitrogen and oxygen atoms in total. The fourth-order valence-corrected chi connectivity index (χ4v) is 1.47. The molecule has 0 saturated carbocycles. The molecule has 8 heteroatoms. The van der Waals surface area contributed by atoms with Gasteiger partial charge in [0.2, 0.25) is 5.91 Å². The minimum Gasteiger partial charge on any atom is -0.345 e. The van der Waals surface area contributed by atoms with Crippen molar-refractivity contribution in [2.24, 2.45) is 5.73 Å². The molecule has 0 atom stereocenters. The van der Waals surface area contributed by atoms with Crippen molar-refractivity contribution >= 4 is 5.91 Å². The third-order valence-electron chi connectivity index (χ3n) is 2.48. The van der Waals surface area contributed by atoms with Gasteiger partial charge in [-0.05, 0) is 13.0 Å². The van der Waals surface area contributed by atoms with Crippen molar-refractivity contribution < 1.29 is 18.0 Å². The SMILES string of the molecule is Cc1ccc(CN)c(=O)n1CC(=O)NCC(F)(F)F. The van der Waals surface area contributed by atoms with Gasteiger partial charge in [-0.25, -0.2) is 0 Å². The third-order valence-corrected chi connectivity index (χ3v) is 2.48. The van der Waals surface area contributed by atoms with Crippen LogP contribution in [0.3, 0.4) is 0 Å². The Kier molecular flexibility index (Phi) is 4.71. The fraction of sp³-hybridized carbons (Fsp3) is 0.455. The van der Waals surface area contributed by atoms with E-state index in [1.165, 1.54) is 6.07 Å². The Hall–Kier alpha value is -1.83. The lowest BCUT2D eigenvalue weighted by Crippen LogP contribution is -2.39. The summed E-state index contributed by atoms with van der Waals surface area (Å²) in [5.74, 6) is -0.878. The lowest BCUT2D eigenvalue weighted by Gasteiger charge is -2.12. The second-order valence-electron chi connectivity index (χ2n) is 3.99. The van der Waals surface area contributed by atoms with Gasteiger partial charge in [0.25, 0.3) is 5.56 Å². The molecule has 1 amide bonds. The van der Waals surface area contributed by atoms with Gasteiger partial charge in [0.05, 0.1) is 0 Å². The molecule has 0 unspecified atom stereocenters. The lowest BCUT2D eigenvalue weighted by molar-refractivity contribution is -0.138. The summed E-state index contributed by atoms with van der Waals surface area (Å²) in [5.41, 5.74) is 5.66. The van der Waals surface area contributed by atoms with E-state index in [-0.39, 0.29) is 6.54 Å². The highest BCUT2D eigenvalue weighted by Crippen LogP contribution is 2.12. The smallest absolute Gasteiger partial charge is 0.345 e. The molecule has 0 spiro atoms. The minimum atomic E-state index is -4.48. The second kappa shape index (κ2) is 5.87. The molecule has 0 aliphatic carbocycles. The Labute approximate surface area is 107 Å². The van der Waals surface area contributed by atoms with E-state index in [2.05, 4.69) is 0 Å². The highest BCUT2D eigenvalue weighted by molar-refractivity contribution is 5.75. The van der Waals surface area contributed by atoms with E-state index in [1.807, 2.05) is 0 Å². The predicted molar refractivity (Wildman–Crippen MR) is 62.4 cm³/mol. The molecule has 0 aromatic carbocycles. The van der Waals surface area contributed by atoms with Crippen LogP contribution in [0.5, 0.6) is 0 Å². The number of nitrogens with zero attached hydrogens (tertiary/aromatic N) is 1. The largest absolute Gasteiger partial charge is 0.405 e. The maximum absolute atomic E-state index is 11.9. The molecule has 0 bridgehead atoms. The third kappa shape index (κ3) is 4.40. The van der Waals surface area contributed by atoms with E-state index in [1.54, 1.807) is 18.3 Å². The van der Waals surface area contributed by atoms with Crippen molar-refractivity contribution in [3.63, 3.8) is 0 Å². The number of amides is 1. The van der Waals surface area contributed by atoms with E-state index in [0.717, 1.165) is 4.57 Å². The summed E-state index contributed by atoms with van der Waals surface area (Å²) >= 11 is 0. The number of aromatic nitrogens is 1. The highest BCUT2D eigenvalue weighted by atomic mass is 19.4. The maximum Gasteiger partial charge on any atom is 0.405 e. The molecule has 106 valence electrons. The van der Waals surface area contributed by atoms with Gasteiger partial charge in [-0.2, -0.15) is 13.2 Å². The van der Waals surface area contributed by atoms with Crippen LogP contribution < -0.4 is 16.6 Å². The summed E-state index contributed by atoms with van der Waals surface area (Å²) in [6.07, 6.45) is -4.48. The molecule has 1 rings (SSSR count). The van der Waals surface area contributed by atoms with Gasteiger partial charge in [-0.3, -0.25) is 9.59 Å². The van der Waals surface area contributed by atoms with Crippen LogP contribution in [-0.2, 0) is 17.9 Å². The highest BCUT2D eigenvalue weighted by Gasteiger charge is 2.27. The Morgan fingerprint density at radius 3 is 2.58 bits per heavy atom. The van der Waals surface area contributed by atoms with Gasteiger partial charge in [-0.15, -0.1) is 0 Å². The summed E-state index contributed by atoms with van der Waals surface area (Å²) in [7, 11) is 0. The van der Waals surface area contributed by atoms with E-state index in [9.17, 15) is 22.8 Å². The van der Waals surface area contributed by atoms with Crippen molar-refractivity contribution in [2.45, 2.75) is 26.2 Å². The maximum atomic E-state index is 11.9. The van der Waals surface area contributed by atoms with Gasteiger partial charge in [0.15, 0.2) is 0 Å². The van der Waals surface area contributed by atoms with Crippen LogP contribution in [-0.4, -0.2) is 23.2 Å². The zero-order chi connectivity index (χ0) is 14.6. The first-order valence-corrected chi connectivity index (χ1v) is 5.47. The number of halogens is 3. The van der Waals surface area contributed by atoms with E-state index >= 15 is 0 Å². The van der Waals surface area contributed by atoms with Crippen LogP contribution >= 0.6 is 0 Å². The van der Waals surface area contributed by atoms with Gasteiger partial charge < -0.3 is 15.6 Å². The van der Waals surface area contributed by atoms with Gasteiger partial charge in [0.1, 0.15) is 13.1 Å². The minimum absolute atomic E-state index is 0.00326. The molecular weight excluding hydrogens is 263 g/mol. The number of hydrogen-bond donors (Lipinski definition) is 2. The van der Waals surface area contributed by atoms with Crippen LogP contribution in [0.25, 0.3) is 0 Å². The summed E-state index contributed by atoms with van der Waals surface area (Å²) < 4.78 is 36.9. The van der Waals surface area contributed by atoms with Crippen molar-refractivity contribution in [3.05, 3.63) is 33.7 Å². The molecule has 1 heterocycles. The van der Waals surface area contributed by atoms with E-state index < -0.39 is 30.7 Å². The fourth-order valence-electron chi connectivity index (χ4n) is 1.47. The predicted octanol–water partition coefficient (Wildman–Crippen LogP) is 0.294. The number of carbonyl (C=O) groups excluding carboxylic acids is 1. The number of nitrogens with two attached hydrogens (primary N) is 1. The molecule has 1 aromatic heterocycles. The molecule has 0 aliphatic rings. The zero-order valence-electron chi connectivity index (χ0n) is 10.3. The Balaban J connectivity index is 2.82. The Morgan fingerprint density at radius 2 is 2.05 bits per heavy atom. The summed E-state index contributed by atoms with van der Waals surface area (Å²) in [6, 6.07) is 3.11. The number of nitrogens with one attached hydrogen (secondary N) is 1. The molecule has 0 aliphatic heterocycles. The topological polar surface area (TPSA) is 77.1 Å². The molecular formula is C11H14F3N3O2. The van der Waals surface area contributed by atoms with Crippen LogP contribution in [0.2, 0.25) is 0 Å². The average Bonchev–Trinajstić information content (AvgIpc) is 2.31. The van der Waals surface area contributed by atoms with E-state index in [4.69, 9.17) is 5.73 Å². The van der Waals surface area contributed by atoms with Crippen LogP contribution in [0.4, 0.5) is 13.2 Å². The van der Waals surface area contributed by atoms with E-state index in [0.29, 0.717) is 11.3 Å². The molecule has 19 heavy (non-hydrogen) atoms. The van der Waals surface area contributed by atoms with Gasteiger partial charge in [0, 0.05) is 17.8 Å². The van der Waals surface area contributed by atoms with Crippen molar-refractivity contribution in [1.29, 1.82) is 0 Å². The quantitative estimate of drug-likeness (QED) is 0.830. The number of alkyl halides is 3. The average molecular weight is 277 g/mol. The van der Waals surface area contributed by atoms with Crippen LogP contribution in [0.15, 0.2) is 16.9 Å². The number of pyridine rings is 1. The van der Waals surface area contributed by atoms with Crippen LogP contribution in [0, 0.1) is 6.92 Å². The number of carbonyl (C=O) groups is 1. The normalized spacial score (nSPS) is 11.4. The molecule has 0 radical (unpaired) electrons. The lowest BCUT2D eigenvalue weighted by atomic mass is 10.2. The molecule has 0 fully saturated rings. The molecule has 0 saturated heterocycles. The van der Waals surface area contributed by atoms with Crippen molar-refractivity contribution in [2.75, 3.05) is 6.54 Å². The molecule has 1 aromatic rings.